The highest BCUT2D eigenvalue weighted by Crippen LogP contribution is 2.34. The molecule has 4 heteroatoms. The molecule has 0 spiro atoms. The Morgan fingerprint density at radius 1 is 0.867 bits per heavy atom. The van der Waals surface area contributed by atoms with Gasteiger partial charge in [-0.25, -0.2) is 9.97 Å². The first-order valence-electron chi connectivity index (χ1n) is 9.72. The Balaban J connectivity index is 0.00000124. The molecule has 30 heavy (non-hydrogen) atoms. The molecule has 0 amide bonds. The Hall–Kier alpha value is -2.75. The van der Waals surface area contributed by atoms with E-state index in [0.717, 1.165) is 43.3 Å². The van der Waals surface area contributed by atoms with Crippen molar-refractivity contribution >= 4 is 50.6 Å². The predicted octanol–water partition coefficient (Wildman–Crippen LogP) is 8.69. The minimum absolute atomic E-state index is 0.610. The second-order valence-electron chi connectivity index (χ2n) is 6.29. The Kier molecular flexibility index (Phi) is 7.20. The SMILES string of the molecule is C=Cc1ccc2c(-c3ccccc3)nc(-c3cc(Cl)cc(Br)c3)nc2c1C=C.CC. The molecule has 4 rings (SSSR count). The van der Waals surface area contributed by atoms with Gasteiger partial charge in [-0.1, -0.05) is 103 Å². The fourth-order valence-electron chi connectivity index (χ4n) is 3.25. The standard InChI is InChI=1S/C24H16BrClN2.C2H6/c1-3-15-10-11-21-22(16-8-6-5-7-9-16)27-24(28-23(21)20(15)4-2)17-12-18(25)14-19(26)13-17;1-2/h3-14H,1-2H2;1-2H3. The molecular weight excluding hydrogens is 456 g/mol. The van der Waals surface area contributed by atoms with Gasteiger partial charge in [0.15, 0.2) is 5.82 Å². The third kappa shape index (κ3) is 4.38. The van der Waals surface area contributed by atoms with Crippen LogP contribution in [0.4, 0.5) is 0 Å². The molecule has 3 aromatic carbocycles. The second-order valence-corrected chi connectivity index (χ2v) is 7.64. The average Bonchev–Trinajstić information content (AvgIpc) is 2.78. The fourth-order valence-corrected chi connectivity index (χ4v) is 4.11. The molecule has 0 saturated carbocycles. The van der Waals surface area contributed by atoms with Gasteiger partial charge >= 0.3 is 0 Å². The summed E-state index contributed by atoms with van der Waals surface area (Å²) in [7, 11) is 0. The van der Waals surface area contributed by atoms with Gasteiger partial charge in [0.05, 0.1) is 11.2 Å². The van der Waals surface area contributed by atoms with Gasteiger partial charge in [-0.15, -0.1) is 0 Å². The number of rotatable bonds is 4. The minimum atomic E-state index is 0.610. The Bertz CT molecular complexity index is 1200. The van der Waals surface area contributed by atoms with Crippen molar-refractivity contribution in [3.63, 3.8) is 0 Å². The van der Waals surface area contributed by atoms with Crippen LogP contribution in [0.3, 0.4) is 0 Å². The zero-order chi connectivity index (χ0) is 21.7. The first-order chi connectivity index (χ1) is 14.6. The van der Waals surface area contributed by atoms with E-state index in [0.29, 0.717) is 10.8 Å². The molecule has 0 aliphatic rings. The van der Waals surface area contributed by atoms with Crippen LogP contribution in [0, 0.1) is 0 Å². The Morgan fingerprint density at radius 3 is 2.23 bits per heavy atom. The van der Waals surface area contributed by atoms with Crippen molar-refractivity contribution in [3.05, 3.63) is 94.4 Å². The lowest BCUT2D eigenvalue weighted by atomic mass is 9.99. The van der Waals surface area contributed by atoms with Crippen LogP contribution in [0.2, 0.25) is 5.02 Å². The number of nitrogens with zero attached hydrogens (tertiary/aromatic N) is 2. The van der Waals surface area contributed by atoms with Crippen molar-refractivity contribution in [2.75, 3.05) is 0 Å². The molecule has 0 radical (unpaired) electrons. The molecule has 2 nitrogen and oxygen atoms in total. The van der Waals surface area contributed by atoms with Crippen molar-refractivity contribution in [1.82, 2.24) is 9.97 Å². The second kappa shape index (κ2) is 9.84. The van der Waals surface area contributed by atoms with Gasteiger partial charge in [0.1, 0.15) is 0 Å². The van der Waals surface area contributed by atoms with Gasteiger partial charge in [0.2, 0.25) is 0 Å². The zero-order valence-corrected chi connectivity index (χ0v) is 19.3. The smallest absolute Gasteiger partial charge is 0.160 e. The van der Waals surface area contributed by atoms with Gasteiger partial charge in [-0.05, 0) is 29.8 Å². The normalized spacial score (nSPS) is 10.3. The molecule has 4 aromatic rings. The van der Waals surface area contributed by atoms with E-state index >= 15 is 0 Å². The third-order valence-electron chi connectivity index (χ3n) is 4.53. The summed E-state index contributed by atoms with van der Waals surface area (Å²) in [6.07, 6.45) is 3.63. The topological polar surface area (TPSA) is 25.8 Å². The number of hydrogen-bond acceptors (Lipinski definition) is 2. The van der Waals surface area contributed by atoms with Crippen LogP contribution < -0.4 is 0 Å². The quantitative estimate of drug-likeness (QED) is 0.294. The lowest BCUT2D eigenvalue weighted by molar-refractivity contribution is 1.22. The van der Waals surface area contributed by atoms with E-state index in [-0.39, 0.29) is 0 Å². The first kappa shape index (κ1) is 21.9. The number of hydrogen-bond donors (Lipinski definition) is 0. The van der Waals surface area contributed by atoms with Crippen LogP contribution in [-0.4, -0.2) is 9.97 Å². The summed E-state index contributed by atoms with van der Waals surface area (Å²) in [5.74, 6) is 0.610. The molecule has 0 N–H and O–H groups in total. The highest BCUT2D eigenvalue weighted by atomic mass is 79.9. The van der Waals surface area contributed by atoms with E-state index in [1.54, 1.807) is 0 Å². The monoisotopic (exact) mass is 476 g/mol. The molecule has 0 fully saturated rings. The van der Waals surface area contributed by atoms with E-state index in [1.165, 1.54) is 0 Å². The summed E-state index contributed by atoms with van der Waals surface area (Å²) in [5, 5.41) is 1.59. The van der Waals surface area contributed by atoms with Crippen molar-refractivity contribution in [1.29, 1.82) is 0 Å². The molecule has 0 unspecified atom stereocenters. The minimum Gasteiger partial charge on any atom is -0.227 e. The fraction of sp³-hybridized carbons (Fsp3) is 0.0769. The van der Waals surface area contributed by atoms with Gasteiger partial charge in [0, 0.05) is 31.6 Å². The average molecular weight is 478 g/mol. The van der Waals surface area contributed by atoms with Crippen molar-refractivity contribution < 1.29 is 0 Å². The highest BCUT2D eigenvalue weighted by Gasteiger charge is 2.15. The summed E-state index contributed by atoms with van der Waals surface area (Å²) >= 11 is 9.77. The zero-order valence-electron chi connectivity index (χ0n) is 17.0. The van der Waals surface area contributed by atoms with E-state index in [4.69, 9.17) is 21.6 Å². The van der Waals surface area contributed by atoms with Gasteiger partial charge < -0.3 is 0 Å². The molecule has 0 saturated heterocycles. The third-order valence-corrected chi connectivity index (χ3v) is 5.21. The lowest BCUT2D eigenvalue weighted by Crippen LogP contribution is -1.98. The molecule has 0 atom stereocenters. The highest BCUT2D eigenvalue weighted by molar-refractivity contribution is 9.10. The van der Waals surface area contributed by atoms with Gasteiger partial charge in [-0.2, -0.15) is 0 Å². The van der Waals surface area contributed by atoms with Crippen LogP contribution in [0.5, 0.6) is 0 Å². The Morgan fingerprint density at radius 2 is 1.60 bits per heavy atom. The molecule has 0 aliphatic carbocycles. The summed E-state index contributed by atoms with van der Waals surface area (Å²) < 4.78 is 0.878. The summed E-state index contributed by atoms with van der Waals surface area (Å²) in [6, 6.07) is 19.8. The molecular formula is C26H22BrClN2. The largest absolute Gasteiger partial charge is 0.227 e. The van der Waals surface area contributed by atoms with Crippen molar-refractivity contribution in [3.8, 4) is 22.6 Å². The lowest BCUT2D eigenvalue weighted by Gasteiger charge is -2.13. The van der Waals surface area contributed by atoms with E-state index in [2.05, 4.69) is 41.2 Å². The molecule has 0 aliphatic heterocycles. The summed E-state index contributed by atoms with van der Waals surface area (Å²) in [4.78, 5) is 9.79. The van der Waals surface area contributed by atoms with Crippen LogP contribution >= 0.6 is 27.5 Å². The number of benzene rings is 3. The molecule has 1 aromatic heterocycles. The van der Waals surface area contributed by atoms with Crippen LogP contribution in [0.25, 0.3) is 45.7 Å². The summed E-state index contributed by atoms with van der Waals surface area (Å²) in [5.41, 5.74) is 5.51. The first-order valence-corrected chi connectivity index (χ1v) is 10.9. The maximum absolute atomic E-state index is 6.27. The van der Waals surface area contributed by atoms with Gasteiger partial charge in [-0.3, -0.25) is 0 Å². The van der Waals surface area contributed by atoms with Crippen LogP contribution in [-0.2, 0) is 0 Å². The summed E-state index contributed by atoms with van der Waals surface area (Å²) in [6.45, 7) is 11.9. The number of fused-ring (bicyclic) bond motifs is 1. The molecule has 150 valence electrons. The maximum Gasteiger partial charge on any atom is 0.160 e. The van der Waals surface area contributed by atoms with Gasteiger partial charge in [0.25, 0.3) is 0 Å². The maximum atomic E-state index is 6.27. The van der Waals surface area contributed by atoms with E-state index < -0.39 is 0 Å². The van der Waals surface area contributed by atoms with Crippen LogP contribution in [0.15, 0.2) is 78.3 Å². The van der Waals surface area contributed by atoms with Crippen LogP contribution in [0.1, 0.15) is 25.0 Å². The Labute approximate surface area is 191 Å². The number of halogens is 2. The van der Waals surface area contributed by atoms with E-state index in [9.17, 15) is 0 Å². The molecule has 0 bridgehead atoms. The van der Waals surface area contributed by atoms with Crippen molar-refractivity contribution in [2.24, 2.45) is 0 Å². The van der Waals surface area contributed by atoms with Crippen molar-refractivity contribution in [2.45, 2.75) is 13.8 Å². The molecule has 1 heterocycles. The predicted molar refractivity (Wildman–Crippen MR) is 135 cm³/mol. The number of aromatic nitrogens is 2. The van der Waals surface area contributed by atoms with E-state index in [1.807, 2.05) is 74.5 Å².